The third-order valence-corrected chi connectivity index (χ3v) is 4.05. The number of aromatic nitrogens is 2. The van der Waals surface area contributed by atoms with Crippen LogP contribution >= 0.6 is 38.9 Å². The van der Waals surface area contributed by atoms with Gasteiger partial charge < -0.3 is 4.90 Å². The first kappa shape index (κ1) is 13.5. The van der Waals surface area contributed by atoms with E-state index in [1.807, 2.05) is 11.4 Å². The Bertz CT molecular complexity index is 575. The lowest BCUT2D eigenvalue weighted by Crippen LogP contribution is -2.26. The zero-order chi connectivity index (χ0) is 13.1. The molecule has 0 unspecified atom stereocenters. The van der Waals surface area contributed by atoms with E-state index in [1.165, 1.54) is 12.4 Å². The van der Waals surface area contributed by atoms with E-state index in [4.69, 9.17) is 11.6 Å². The first-order valence-corrected chi connectivity index (χ1v) is 7.07. The minimum absolute atomic E-state index is 0.200. The maximum absolute atomic E-state index is 12.1. The van der Waals surface area contributed by atoms with Gasteiger partial charge in [0, 0.05) is 21.8 Å². The molecule has 0 atom stereocenters. The molecule has 2 aromatic rings. The maximum atomic E-state index is 12.1. The third-order valence-electron chi connectivity index (χ3n) is 2.19. The Balaban J connectivity index is 2.09. The van der Waals surface area contributed by atoms with Crippen LogP contribution in [-0.2, 0) is 6.54 Å². The molecule has 0 aromatic carbocycles. The molecule has 0 bridgehead atoms. The Labute approximate surface area is 122 Å². The van der Waals surface area contributed by atoms with E-state index in [1.54, 1.807) is 23.3 Å². The van der Waals surface area contributed by atoms with Crippen molar-refractivity contribution in [3.05, 3.63) is 44.0 Å². The molecule has 2 heterocycles. The summed E-state index contributed by atoms with van der Waals surface area (Å²) in [6.45, 7) is 0.531. The molecule has 0 saturated heterocycles. The van der Waals surface area contributed by atoms with Crippen molar-refractivity contribution < 1.29 is 4.79 Å². The highest BCUT2D eigenvalue weighted by atomic mass is 79.9. The standard InChI is InChI=1S/C11H9BrClN3OS/c1-16(5-8-2-7(12)6-18-8)11(17)9-3-14-4-10(13)15-9/h2-4,6H,5H2,1H3. The van der Waals surface area contributed by atoms with Gasteiger partial charge in [-0.1, -0.05) is 11.6 Å². The topological polar surface area (TPSA) is 46.1 Å². The lowest BCUT2D eigenvalue weighted by Gasteiger charge is -2.15. The van der Waals surface area contributed by atoms with Crippen molar-refractivity contribution >= 4 is 44.8 Å². The van der Waals surface area contributed by atoms with Crippen LogP contribution in [0, 0.1) is 0 Å². The summed E-state index contributed by atoms with van der Waals surface area (Å²) in [5.74, 6) is -0.200. The molecule has 0 saturated carbocycles. The normalized spacial score (nSPS) is 10.4. The largest absolute Gasteiger partial charge is 0.335 e. The fraction of sp³-hybridized carbons (Fsp3) is 0.182. The highest BCUT2D eigenvalue weighted by Gasteiger charge is 2.15. The monoisotopic (exact) mass is 345 g/mol. The third kappa shape index (κ3) is 3.28. The van der Waals surface area contributed by atoms with Gasteiger partial charge in [0.05, 0.1) is 18.9 Å². The first-order valence-electron chi connectivity index (χ1n) is 5.02. The Kier molecular flexibility index (Phi) is 4.31. The minimum Gasteiger partial charge on any atom is -0.335 e. The second kappa shape index (κ2) is 5.77. The summed E-state index contributed by atoms with van der Waals surface area (Å²) in [6.07, 6.45) is 2.81. The van der Waals surface area contributed by atoms with Gasteiger partial charge in [-0.15, -0.1) is 11.3 Å². The fourth-order valence-electron chi connectivity index (χ4n) is 1.38. The summed E-state index contributed by atoms with van der Waals surface area (Å²) >= 11 is 10.7. The van der Waals surface area contributed by atoms with E-state index in [9.17, 15) is 4.79 Å². The molecule has 94 valence electrons. The van der Waals surface area contributed by atoms with Crippen LogP contribution in [0.3, 0.4) is 0 Å². The molecular weight excluding hydrogens is 338 g/mol. The van der Waals surface area contributed by atoms with Crippen molar-refractivity contribution in [1.82, 2.24) is 14.9 Å². The van der Waals surface area contributed by atoms with Gasteiger partial charge in [-0.3, -0.25) is 9.78 Å². The van der Waals surface area contributed by atoms with Gasteiger partial charge in [-0.25, -0.2) is 4.98 Å². The van der Waals surface area contributed by atoms with Crippen molar-refractivity contribution in [2.45, 2.75) is 6.54 Å². The van der Waals surface area contributed by atoms with Gasteiger partial charge >= 0.3 is 0 Å². The first-order chi connectivity index (χ1) is 8.56. The van der Waals surface area contributed by atoms with E-state index >= 15 is 0 Å². The molecule has 0 aliphatic rings. The number of carbonyl (C=O) groups excluding carboxylic acids is 1. The summed E-state index contributed by atoms with van der Waals surface area (Å²) < 4.78 is 1.02. The van der Waals surface area contributed by atoms with E-state index in [0.717, 1.165) is 9.35 Å². The second-order valence-electron chi connectivity index (χ2n) is 3.62. The predicted molar refractivity (Wildman–Crippen MR) is 74.9 cm³/mol. The number of hydrogen-bond donors (Lipinski definition) is 0. The molecule has 0 radical (unpaired) electrons. The Morgan fingerprint density at radius 3 is 2.94 bits per heavy atom. The van der Waals surface area contributed by atoms with Crippen LogP contribution in [0.25, 0.3) is 0 Å². The van der Waals surface area contributed by atoms with Crippen molar-refractivity contribution in [1.29, 1.82) is 0 Å². The number of hydrogen-bond acceptors (Lipinski definition) is 4. The van der Waals surface area contributed by atoms with Crippen LogP contribution in [-0.4, -0.2) is 27.8 Å². The zero-order valence-electron chi connectivity index (χ0n) is 9.43. The Morgan fingerprint density at radius 2 is 2.33 bits per heavy atom. The summed E-state index contributed by atoms with van der Waals surface area (Å²) in [4.78, 5) is 22.5. The van der Waals surface area contributed by atoms with Gasteiger partial charge in [-0.05, 0) is 22.0 Å². The molecular formula is C11H9BrClN3OS. The highest BCUT2D eigenvalue weighted by Crippen LogP contribution is 2.21. The van der Waals surface area contributed by atoms with Crippen molar-refractivity contribution in [2.24, 2.45) is 0 Å². The Morgan fingerprint density at radius 1 is 1.56 bits per heavy atom. The molecule has 7 heteroatoms. The fourth-order valence-corrected chi connectivity index (χ4v) is 3.03. The van der Waals surface area contributed by atoms with Crippen LogP contribution < -0.4 is 0 Å². The number of thiophene rings is 1. The molecule has 1 amide bonds. The lowest BCUT2D eigenvalue weighted by molar-refractivity contribution is 0.0780. The Hall–Kier alpha value is -0.980. The lowest BCUT2D eigenvalue weighted by atomic mass is 10.3. The molecule has 2 rings (SSSR count). The maximum Gasteiger partial charge on any atom is 0.274 e. The molecule has 0 fully saturated rings. The van der Waals surface area contributed by atoms with Crippen LogP contribution in [0.4, 0.5) is 0 Å². The SMILES string of the molecule is CN(Cc1cc(Br)cs1)C(=O)c1cncc(Cl)n1. The predicted octanol–water partition coefficient (Wildman–Crippen LogP) is 3.23. The zero-order valence-corrected chi connectivity index (χ0v) is 12.6. The van der Waals surface area contributed by atoms with Crippen LogP contribution in [0.15, 0.2) is 28.3 Å². The van der Waals surface area contributed by atoms with Crippen LogP contribution in [0.2, 0.25) is 5.15 Å². The van der Waals surface area contributed by atoms with Gasteiger partial charge in [-0.2, -0.15) is 0 Å². The molecule has 0 N–H and O–H groups in total. The summed E-state index contributed by atoms with van der Waals surface area (Å²) in [7, 11) is 1.72. The number of amides is 1. The van der Waals surface area contributed by atoms with Crippen LogP contribution in [0.1, 0.15) is 15.4 Å². The number of rotatable bonds is 3. The molecule has 0 aliphatic carbocycles. The average molecular weight is 347 g/mol. The van der Waals surface area contributed by atoms with Crippen molar-refractivity contribution in [3.8, 4) is 0 Å². The smallest absolute Gasteiger partial charge is 0.274 e. The number of halogens is 2. The van der Waals surface area contributed by atoms with Gasteiger partial charge in [0.25, 0.3) is 5.91 Å². The molecule has 0 aliphatic heterocycles. The van der Waals surface area contributed by atoms with Crippen LogP contribution in [0.5, 0.6) is 0 Å². The molecule has 0 spiro atoms. The van der Waals surface area contributed by atoms with Crippen molar-refractivity contribution in [2.75, 3.05) is 7.05 Å². The van der Waals surface area contributed by atoms with Gasteiger partial charge in [0.2, 0.25) is 0 Å². The number of carbonyl (C=O) groups is 1. The van der Waals surface area contributed by atoms with E-state index in [2.05, 4.69) is 25.9 Å². The van der Waals surface area contributed by atoms with Gasteiger partial charge in [0.1, 0.15) is 10.8 Å². The summed E-state index contributed by atoms with van der Waals surface area (Å²) in [6, 6.07) is 1.98. The van der Waals surface area contributed by atoms with E-state index < -0.39 is 0 Å². The molecule has 18 heavy (non-hydrogen) atoms. The summed E-state index contributed by atoms with van der Waals surface area (Å²) in [5, 5.41) is 2.19. The number of nitrogens with zero attached hydrogens (tertiary/aromatic N) is 3. The molecule has 2 aromatic heterocycles. The highest BCUT2D eigenvalue weighted by molar-refractivity contribution is 9.10. The average Bonchev–Trinajstić information content (AvgIpc) is 2.73. The van der Waals surface area contributed by atoms with E-state index in [-0.39, 0.29) is 16.8 Å². The minimum atomic E-state index is -0.200. The molecule has 4 nitrogen and oxygen atoms in total. The second-order valence-corrected chi connectivity index (χ2v) is 5.92. The van der Waals surface area contributed by atoms with Gasteiger partial charge in [0.15, 0.2) is 0 Å². The van der Waals surface area contributed by atoms with Crippen molar-refractivity contribution in [3.63, 3.8) is 0 Å². The summed E-state index contributed by atoms with van der Waals surface area (Å²) in [5.41, 5.74) is 0.251. The quantitative estimate of drug-likeness (QED) is 0.857. The van der Waals surface area contributed by atoms with E-state index in [0.29, 0.717) is 6.54 Å².